The van der Waals surface area contributed by atoms with Gasteiger partial charge in [0.15, 0.2) is 0 Å². The number of nitrogens with zero attached hydrogens (tertiary/aromatic N) is 1. The molecule has 0 saturated heterocycles. The van der Waals surface area contributed by atoms with E-state index in [1.54, 1.807) is 0 Å². The number of hydrogen-bond acceptors (Lipinski definition) is 1. The lowest BCUT2D eigenvalue weighted by Gasteiger charge is -2.27. The molecule has 0 spiro atoms. The predicted molar refractivity (Wildman–Crippen MR) is 251 cm³/mol. The highest BCUT2D eigenvalue weighted by atomic mass is 15.1. The Morgan fingerprint density at radius 3 is 1.14 bits per heavy atom. The SMILES string of the molecule is c1ccc(-c2ccc(N(c3ccc(-c4ccc(-c5ccc6ccccc6c5)c(-c5ccccc5)c4)cc3)c3ccc(-c4ccccc4)c(-c4ccccc4)c3)cc2)cc1. The minimum Gasteiger partial charge on any atom is -0.310 e. The minimum atomic E-state index is 1.09. The van der Waals surface area contributed by atoms with Crippen molar-refractivity contribution in [3.63, 3.8) is 0 Å². The first-order chi connectivity index (χ1) is 29.2. The van der Waals surface area contributed by atoms with Gasteiger partial charge in [-0.15, -0.1) is 0 Å². The summed E-state index contributed by atoms with van der Waals surface area (Å²) in [5, 5.41) is 2.49. The summed E-state index contributed by atoms with van der Waals surface area (Å²) >= 11 is 0. The third-order valence-electron chi connectivity index (χ3n) is 11.3. The van der Waals surface area contributed by atoms with Crippen molar-refractivity contribution in [3.05, 3.63) is 249 Å². The molecule has 0 radical (unpaired) electrons. The Bertz CT molecular complexity index is 2990. The van der Waals surface area contributed by atoms with Gasteiger partial charge >= 0.3 is 0 Å². The maximum Gasteiger partial charge on any atom is 0.0468 e. The zero-order valence-corrected chi connectivity index (χ0v) is 32.6. The second-order valence-corrected chi connectivity index (χ2v) is 14.9. The summed E-state index contributed by atoms with van der Waals surface area (Å²) in [6.45, 7) is 0. The van der Waals surface area contributed by atoms with Gasteiger partial charge in [-0.05, 0) is 126 Å². The van der Waals surface area contributed by atoms with Gasteiger partial charge in [-0.25, -0.2) is 0 Å². The molecule has 0 bridgehead atoms. The van der Waals surface area contributed by atoms with Crippen LogP contribution in [0.15, 0.2) is 249 Å². The lowest BCUT2D eigenvalue weighted by Crippen LogP contribution is -2.10. The van der Waals surface area contributed by atoms with Gasteiger partial charge in [0.2, 0.25) is 0 Å². The number of fused-ring (bicyclic) bond motifs is 1. The standard InChI is InChI=1S/C58H41N/c1-5-15-42(16-6-1)44-27-32-52(33-28-44)59(54-36-38-55(46-18-7-2-8-19-46)58(41-54)48-22-11-4-12-23-48)53-34-29-45(30-35-53)50-31-37-56(57(40-50)47-20-9-3-10-21-47)51-26-25-43-17-13-14-24-49(43)39-51/h1-41H. The number of anilines is 3. The fraction of sp³-hybridized carbons (Fsp3) is 0. The highest BCUT2D eigenvalue weighted by Gasteiger charge is 2.18. The summed E-state index contributed by atoms with van der Waals surface area (Å²) in [5.41, 5.74) is 17.6. The zero-order chi connectivity index (χ0) is 39.4. The fourth-order valence-corrected chi connectivity index (χ4v) is 8.27. The zero-order valence-electron chi connectivity index (χ0n) is 32.6. The summed E-state index contributed by atoms with van der Waals surface area (Å²) in [4.78, 5) is 2.37. The van der Waals surface area contributed by atoms with E-state index >= 15 is 0 Å². The Balaban J connectivity index is 1.07. The van der Waals surface area contributed by atoms with Crippen molar-refractivity contribution in [2.45, 2.75) is 0 Å². The van der Waals surface area contributed by atoms with Gasteiger partial charge in [-0.2, -0.15) is 0 Å². The molecule has 0 saturated carbocycles. The quantitative estimate of drug-likeness (QED) is 0.142. The van der Waals surface area contributed by atoms with E-state index < -0.39 is 0 Å². The van der Waals surface area contributed by atoms with Crippen molar-refractivity contribution >= 4 is 27.8 Å². The van der Waals surface area contributed by atoms with E-state index in [0.29, 0.717) is 0 Å². The third-order valence-corrected chi connectivity index (χ3v) is 11.3. The molecule has 59 heavy (non-hydrogen) atoms. The molecule has 10 aromatic rings. The second kappa shape index (κ2) is 16.0. The topological polar surface area (TPSA) is 3.24 Å². The van der Waals surface area contributed by atoms with Crippen LogP contribution >= 0.6 is 0 Å². The van der Waals surface area contributed by atoms with E-state index in [4.69, 9.17) is 0 Å². The molecule has 0 fully saturated rings. The molecule has 0 amide bonds. The van der Waals surface area contributed by atoms with Crippen molar-refractivity contribution in [2.75, 3.05) is 4.90 Å². The molecule has 0 N–H and O–H groups in total. The average Bonchev–Trinajstić information content (AvgIpc) is 3.33. The Kier molecular flexibility index (Phi) is 9.68. The Morgan fingerprint density at radius 1 is 0.186 bits per heavy atom. The molecular weight excluding hydrogens is 711 g/mol. The van der Waals surface area contributed by atoms with Crippen molar-refractivity contribution in [3.8, 4) is 66.8 Å². The molecule has 0 aliphatic carbocycles. The number of hydrogen-bond donors (Lipinski definition) is 0. The van der Waals surface area contributed by atoms with Crippen LogP contribution in [0.2, 0.25) is 0 Å². The summed E-state index contributed by atoms with van der Waals surface area (Å²) < 4.78 is 0. The highest BCUT2D eigenvalue weighted by molar-refractivity contribution is 5.93. The molecular formula is C58H41N. The van der Waals surface area contributed by atoms with Crippen molar-refractivity contribution < 1.29 is 0 Å². The number of rotatable bonds is 9. The van der Waals surface area contributed by atoms with Crippen LogP contribution in [0.3, 0.4) is 0 Å². The normalized spacial score (nSPS) is 11.1. The minimum absolute atomic E-state index is 1.09. The van der Waals surface area contributed by atoms with E-state index in [-0.39, 0.29) is 0 Å². The first kappa shape index (κ1) is 35.7. The third kappa shape index (κ3) is 7.34. The van der Waals surface area contributed by atoms with Gasteiger partial charge in [-0.3, -0.25) is 0 Å². The first-order valence-electron chi connectivity index (χ1n) is 20.2. The average molecular weight is 752 g/mol. The molecule has 278 valence electrons. The Labute approximate surface area is 346 Å². The number of benzene rings is 10. The molecule has 0 aliphatic heterocycles. The van der Waals surface area contributed by atoms with Crippen LogP contribution in [0, 0.1) is 0 Å². The van der Waals surface area contributed by atoms with Crippen molar-refractivity contribution in [1.82, 2.24) is 0 Å². The van der Waals surface area contributed by atoms with Gasteiger partial charge in [0, 0.05) is 17.1 Å². The van der Waals surface area contributed by atoms with Crippen molar-refractivity contribution in [2.24, 2.45) is 0 Å². The van der Waals surface area contributed by atoms with Gasteiger partial charge < -0.3 is 4.90 Å². The van der Waals surface area contributed by atoms with Gasteiger partial charge in [0.25, 0.3) is 0 Å². The summed E-state index contributed by atoms with van der Waals surface area (Å²) in [5.74, 6) is 0. The first-order valence-corrected chi connectivity index (χ1v) is 20.2. The summed E-state index contributed by atoms with van der Waals surface area (Å²) in [6.07, 6.45) is 0. The van der Waals surface area contributed by atoms with E-state index in [9.17, 15) is 0 Å². The largest absolute Gasteiger partial charge is 0.310 e. The van der Waals surface area contributed by atoms with Crippen LogP contribution in [0.1, 0.15) is 0 Å². The second-order valence-electron chi connectivity index (χ2n) is 14.9. The maximum atomic E-state index is 2.37. The molecule has 10 rings (SSSR count). The summed E-state index contributed by atoms with van der Waals surface area (Å²) in [7, 11) is 0. The molecule has 0 heterocycles. The molecule has 0 aliphatic rings. The summed E-state index contributed by atoms with van der Waals surface area (Å²) in [6, 6.07) is 89.8. The van der Waals surface area contributed by atoms with E-state index in [0.717, 1.165) is 17.1 Å². The fourth-order valence-electron chi connectivity index (χ4n) is 8.27. The lowest BCUT2D eigenvalue weighted by molar-refractivity contribution is 1.28. The molecule has 0 atom stereocenters. The lowest BCUT2D eigenvalue weighted by atomic mass is 9.90. The maximum absolute atomic E-state index is 2.37. The predicted octanol–water partition coefficient (Wildman–Crippen LogP) is 16.3. The monoisotopic (exact) mass is 751 g/mol. The van der Waals surface area contributed by atoms with E-state index in [2.05, 4.69) is 254 Å². The van der Waals surface area contributed by atoms with Crippen LogP contribution in [0.4, 0.5) is 17.1 Å². The van der Waals surface area contributed by atoms with Crippen LogP contribution in [0.5, 0.6) is 0 Å². The van der Waals surface area contributed by atoms with E-state index in [1.165, 1.54) is 77.5 Å². The molecule has 10 aromatic carbocycles. The van der Waals surface area contributed by atoms with Crippen LogP contribution < -0.4 is 4.90 Å². The molecule has 1 heteroatoms. The van der Waals surface area contributed by atoms with Crippen molar-refractivity contribution in [1.29, 1.82) is 0 Å². The van der Waals surface area contributed by atoms with Gasteiger partial charge in [-0.1, -0.05) is 200 Å². The van der Waals surface area contributed by atoms with Gasteiger partial charge in [0.1, 0.15) is 0 Å². The molecule has 0 aromatic heterocycles. The smallest absolute Gasteiger partial charge is 0.0468 e. The van der Waals surface area contributed by atoms with Crippen LogP contribution in [-0.2, 0) is 0 Å². The molecule has 1 nitrogen and oxygen atoms in total. The molecule has 0 unspecified atom stereocenters. The highest BCUT2D eigenvalue weighted by Crippen LogP contribution is 2.42. The van der Waals surface area contributed by atoms with Gasteiger partial charge in [0.05, 0.1) is 0 Å². The van der Waals surface area contributed by atoms with E-state index in [1.807, 2.05) is 0 Å². The Morgan fingerprint density at radius 2 is 0.559 bits per heavy atom. The van der Waals surface area contributed by atoms with Crippen LogP contribution in [-0.4, -0.2) is 0 Å². The Hall–Kier alpha value is -7.74. The van der Waals surface area contributed by atoms with Crippen LogP contribution in [0.25, 0.3) is 77.5 Å².